The lowest BCUT2D eigenvalue weighted by Crippen LogP contribution is -2.36. The topological polar surface area (TPSA) is 78.8 Å². The lowest BCUT2D eigenvalue weighted by molar-refractivity contribution is -0.121. The second-order valence-electron chi connectivity index (χ2n) is 6.08. The number of carbonyl (C=O) groups excluding carboxylic acids is 1. The third kappa shape index (κ3) is 4.64. The van der Waals surface area contributed by atoms with Crippen molar-refractivity contribution in [3.05, 3.63) is 76.8 Å². The molecule has 0 fully saturated rings. The van der Waals surface area contributed by atoms with E-state index >= 15 is 0 Å². The Balaban J connectivity index is 1.67. The summed E-state index contributed by atoms with van der Waals surface area (Å²) in [5.74, 6) is -0.532. The third-order valence-corrected chi connectivity index (χ3v) is 6.62. The summed E-state index contributed by atoms with van der Waals surface area (Å²) in [6, 6.07) is 19.8. The van der Waals surface area contributed by atoms with E-state index in [4.69, 9.17) is 0 Å². The minimum atomic E-state index is -3.80. The van der Waals surface area contributed by atoms with Crippen molar-refractivity contribution in [2.24, 2.45) is 5.10 Å². The Bertz CT molecular complexity index is 1150. The summed E-state index contributed by atoms with van der Waals surface area (Å²) in [6.45, 7) is -0.345. The summed E-state index contributed by atoms with van der Waals surface area (Å²) < 4.78 is 27.3. The molecule has 0 bridgehead atoms. The van der Waals surface area contributed by atoms with E-state index in [1.807, 2.05) is 48.5 Å². The Hall–Kier alpha value is -2.55. The SMILES string of the molecule is CN(CC(=O)NN=Cc1ccccc1Br)S(=O)(=O)c1ccc2ccccc2c1. The average Bonchev–Trinajstić information content (AvgIpc) is 2.69. The van der Waals surface area contributed by atoms with Crippen LogP contribution < -0.4 is 5.43 Å². The molecule has 8 heteroatoms. The molecule has 0 heterocycles. The number of hydrazone groups is 1. The number of halogens is 1. The lowest BCUT2D eigenvalue weighted by Gasteiger charge is -2.16. The van der Waals surface area contributed by atoms with Crippen LogP contribution >= 0.6 is 15.9 Å². The number of rotatable bonds is 6. The molecule has 144 valence electrons. The van der Waals surface area contributed by atoms with Crippen LogP contribution in [0.25, 0.3) is 10.8 Å². The Kier molecular flexibility index (Phi) is 6.23. The van der Waals surface area contributed by atoms with Gasteiger partial charge in [-0.05, 0) is 29.0 Å². The van der Waals surface area contributed by atoms with E-state index in [9.17, 15) is 13.2 Å². The van der Waals surface area contributed by atoms with Gasteiger partial charge in [0.05, 0.1) is 17.7 Å². The van der Waals surface area contributed by atoms with Crippen molar-refractivity contribution >= 4 is 48.8 Å². The predicted octanol–water partition coefficient (Wildman–Crippen LogP) is 3.37. The van der Waals surface area contributed by atoms with Crippen LogP contribution in [0.3, 0.4) is 0 Å². The molecule has 0 aliphatic rings. The van der Waals surface area contributed by atoms with Gasteiger partial charge in [0.15, 0.2) is 0 Å². The van der Waals surface area contributed by atoms with Crippen molar-refractivity contribution in [2.75, 3.05) is 13.6 Å². The van der Waals surface area contributed by atoms with E-state index in [-0.39, 0.29) is 11.4 Å². The van der Waals surface area contributed by atoms with Crippen molar-refractivity contribution in [1.29, 1.82) is 0 Å². The van der Waals surface area contributed by atoms with Crippen molar-refractivity contribution < 1.29 is 13.2 Å². The third-order valence-electron chi connectivity index (χ3n) is 4.09. The van der Waals surface area contributed by atoms with Crippen LogP contribution in [0.15, 0.2) is 81.2 Å². The van der Waals surface area contributed by atoms with Gasteiger partial charge < -0.3 is 0 Å². The number of nitrogens with zero attached hydrogens (tertiary/aromatic N) is 2. The Morgan fingerprint density at radius 1 is 1.07 bits per heavy atom. The first-order valence-corrected chi connectivity index (χ1v) is 10.6. The monoisotopic (exact) mass is 459 g/mol. The summed E-state index contributed by atoms with van der Waals surface area (Å²) in [5.41, 5.74) is 3.14. The number of amides is 1. The quantitative estimate of drug-likeness (QED) is 0.453. The van der Waals surface area contributed by atoms with Gasteiger partial charge in [0.1, 0.15) is 0 Å². The van der Waals surface area contributed by atoms with Gasteiger partial charge in [0.2, 0.25) is 10.0 Å². The van der Waals surface area contributed by atoms with Crippen LogP contribution in [0.4, 0.5) is 0 Å². The normalized spacial score (nSPS) is 12.0. The molecule has 28 heavy (non-hydrogen) atoms. The van der Waals surface area contributed by atoms with Gasteiger partial charge in [-0.2, -0.15) is 9.41 Å². The number of carbonyl (C=O) groups is 1. The lowest BCUT2D eigenvalue weighted by atomic mass is 10.1. The fraction of sp³-hybridized carbons (Fsp3) is 0.100. The molecular formula is C20H18BrN3O3S. The summed E-state index contributed by atoms with van der Waals surface area (Å²) in [4.78, 5) is 12.2. The molecule has 0 aromatic heterocycles. The van der Waals surface area contributed by atoms with E-state index in [2.05, 4.69) is 26.5 Å². The van der Waals surface area contributed by atoms with E-state index in [1.165, 1.54) is 19.3 Å². The first kappa shape index (κ1) is 20.2. The predicted molar refractivity (Wildman–Crippen MR) is 114 cm³/mol. The second kappa shape index (κ2) is 8.64. The van der Waals surface area contributed by atoms with Gasteiger partial charge in [0.25, 0.3) is 5.91 Å². The summed E-state index contributed by atoms with van der Waals surface area (Å²) in [5, 5.41) is 5.64. The van der Waals surface area contributed by atoms with E-state index in [1.54, 1.807) is 12.1 Å². The molecule has 3 aromatic carbocycles. The van der Waals surface area contributed by atoms with E-state index in [0.717, 1.165) is 25.1 Å². The molecule has 6 nitrogen and oxygen atoms in total. The smallest absolute Gasteiger partial charge is 0.255 e. The fourth-order valence-corrected chi connectivity index (χ4v) is 4.13. The van der Waals surface area contributed by atoms with Crippen LogP contribution in [0.1, 0.15) is 5.56 Å². The number of likely N-dealkylation sites (N-methyl/N-ethyl adjacent to an activating group) is 1. The molecule has 1 amide bonds. The van der Waals surface area contributed by atoms with Gasteiger partial charge >= 0.3 is 0 Å². The molecule has 0 saturated carbocycles. The average molecular weight is 460 g/mol. The van der Waals surface area contributed by atoms with Gasteiger partial charge in [0, 0.05) is 17.1 Å². The Labute approximate surface area is 172 Å². The highest BCUT2D eigenvalue weighted by Crippen LogP contribution is 2.21. The van der Waals surface area contributed by atoms with Crippen molar-refractivity contribution in [3.8, 4) is 0 Å². The zero-order valence-corrected chi connectivity index (χ0v) is 17.4. The maximum atomic E-state index is 12.8. The molecule has 0 aliphatic heterocycles. The first-order valence-electron chi connectivity index (χ1n) is 8.39. The Morgan fingerprint density at radius 2 is 1.75 bits per heavy atom. The zero-order chi connectivity index (χ0) is 20.1. The molecule has 1 N–H and O–H groups in total. The Morgan fingerprint density at radius 3 is 2.50 bits per heavy atom. The van der Waals surface area contributed by atoms with Crippen LogP contribution in [0.5, 0.6) is 0 Å². The fourth-order valence-electron chi connectivity index (χ4n) is 2.58. The van der Waals surface area contributed by atoms with Crippen molar-refractivity contribution in [1.82, 2.24) is 9.73 Å². The zero-order valence-electron chi connectivity index (χ0n) is 15.0. The number of hydrogen-bond acceptors (Lipinski definition) is 4. The highest BCUT2D eigenvalue weighted by atomic mass is 79.9. The van der Waals surface area contributed by atoms with Crippen LogP contribution in [-0.2, 0) is 14.8 Å². The maximum absolute atomic E-state index is 12.8. The number of benzene rings is 3. The number of hydrogen-bond donors (Lipinski definition) is 1. The van der Waals surface area contributed by atoms with Crippen LogP contribution in [0.2, 0.25) is 0 Å². The maximum Gasteiger partial charge on any atom is 0.255 e. The van der Waals surface area contributed by atoms with Gasteiger partial charge in [-0.1, -0.05) is 64.5 Å². The van der Waals surface area contributed by atoms with Gasteiger partial charge in [-0.25, -0.2) is 13.8 Å². The molecular weight excluding hydrogens is 442 g/mol. The molecule has 3 aromatic rings. The number of sulfonamides is 1. The van der Waals surface area contributed by atoms with Gasteiger partial charge in [-0.15, -0.1) is 0 Å². The molecule has 0 saturated heterocycles. The first-order chi connectivity index (χ1) is 13.4. The number of fused-ring (bicyclic) bond motifs is 1. The minimum absolute atomic E-state index is 0.137. The highest BCUT2D eigenvalue weighted by molar-refractivity contribution is 9.10. The van der Waals surface area contributed by atoms with E-state index in [0.29, 0.717) is 0 Å². The summed E-state index contributed by atoms with van der Waals surface area (Å²) >= 11 is 3.38. The summed E-state index contributed by atoms with van der Waals surface area (Å²) in [6.07, 6.45) is 1.49. The molecule has 0 atom stereocenters. The molecule has 0 aliphatic carbocycles. The van der Waals surface area contributed by atoms with Gasteiger partial charge in [-0.3, -0.25) is 4.79 Å². The van der Waals surface area contributed by atoms with Crippen molar-refractivity contribution in [2.45, 2.75) is 4.90 Å². The minimum Gasteiger partial charge on any atom is -0.272 e. The highest BCUT2D eigenvalue weighted by Gasteiger charge is 2.23. The summed E-state index contributed by atoms with van der Waals surface area (Å²) in [7, 11) is -2.43. The largest absolute Gasteiger partial charge is 0.272 e. The van der Waals surface area contributed by atoms with E-state index < -0.39 is 15.9 Å². The van der Waals surface area contributed by atoms with Crippen LogP contribution in [-0.4, -0.2) is 38.4 Å². The standard InChI is InChI=1S/C20H18BrN3O3S/c1-24(14-20(25)23-22-13-17-8-4-5-9-19(17)21)28(26,27)18-11-10-15-6-2-3-7-16(15)12-18/h2-13H,14H2,1H3,(H,23,25). The second-order valence-corrected chi connectivity index (χ2v) is 8.98. The number of nitrogens with one attached hydrogen (secondary N) is 1. The molecule has 0 radical (unpaired) electrons. The molecule has 0 unspecified atom stereocenters. The van der Waals surface area contributed by atoms with Crippen LogP contribution in [0, 0.1) is 0 Å². The molecule has 0 spiro atoms. The van der Waals surface area contributed by atoms with Crippen molar-refractivity contribution in [3.63, 3.8) is 0 Å². The molecule has 3 rings (SSSR count).